The lowest BCUT2D eigenvalue weighted by atomic mass is 9.78. The molecule has 2 unspecified atom stereocenters. The van der Waals surface area contributed by atoms with E-state index in [1.807, 2.05) is 0 Å². The molecule has 0 aromatic heterocycles. The second kappa shape index (κ2) is 6.24. The summed E-state index contributed by atoms with van der Waals surface area (Å²) in [6.07, 6.45) is 4.30. The maximum Gasteiger partial charge on any atom is 0.308 e. The highest BCUT2D eigenvalue weighted by Crippen LogP contribution is 2.33. The smallest absolute Gasteiger partial charge is 0.308 e. The van der Waals surface area contributed by atoms with E-state index in [4.69, 9.17) is 5.11 Å². The van der Waals surface area contributed by atoms with Gasteiger partial charge in [-0.05, 0) is 25.3 Å². The molecule has 1 fully saturated rings. The molecule has 1 rings (SSSR count). The van der Waals surface area contributed by atoms with Gasteiger partial charge in [0.05, 0.1) is 5.92 Å². The van der Waals surface area contributed by atoms with Crippen LogP contribution in [0.2, 0.25) is 0 Å². The molecule has 0 heterocycles. The van der Waals surface area contributed by atoms with Crippen LogP contribution in [0.4, 0.5) is 0 Å². The zero-order valence-electron chi connectivity index (χ0n) is 10.8. The van der Waals surface area contributed by atoms with Crippen molar-refractivity contribution >= 4 is 5.97 Å². The summed E-state index contributed by atoms with van der Waals surface area (Å²) in [6, 6.07) is 0.295. The van der Waals surface area contributed by atoms with Crippen LogP contribution in [-0.2, 0) is 4.79 Å². The Morgan fingerprint density at radius 3 is 2.25 bits per heavy atom. The zero-order valence-corrected chi connectivity index (χ0v) is 10.8. The van der Waals surface area contributed by atoms with Crippen LogP contribution >= 0.6 is 0 Å². The number of carbonyl (C=O) groups is 1. The van der Waals surface area contributed by atoms with Crippen LogP contribution in [0.3, 0.4) is 0 Å². The monoisotopic (exact) mass is 227 g/mol. The van der Waals surface area contributed by atoms with Crippen molar-refractivity contribution in [1.29, 1.82) is 0 Å². The molecular formula is C13H25NO2. The van der Waals surface area contributed by atoms with Gasteiger partial charge < -0.3 is 5.11 Å². The lowest BCUT2D eigenvalue weighted by Gasteiger charge is -2.43. The predicted octanol–water partition coefficient (Wildman–Crippen LogP) is 2.61. The first-order chi connectivity index (χ1) is 7.63. The van der Waals surface area contributed by atoms with E-state index < -0.39 is 5.97 Å². The highest BCUT2D eigenvalue weighted by Gasteiger charge is 2.39. The quantitative estimate of drug-likeness (QED) is 0.727. The van der Waals surface area contributed by atoms with Gasteiger partial charge in [0, 0.05) is 12.6 Å². The first kappa shape index (κ1) is 13.5. The molecule has 16 heavy (non-hydrogen) atoms. The molecule has 1 saturated carbocycles. The molecule has 3 nitrogen and oxygen atoms in total. The van der Waals surface area contributed by atoms with Gasteiger partial charge in [-0.25, -0.2) is 0 Å². The van der Waals surface area contributed by atoms with E-state index in [1.165, 1.54) is 12.8 Å². The Morgan fingerprint density at radius 2 is 1.94 bits per heavy atom. The molecule has 0 aromatic rings. The SMILES string of the molecule is CCC(CC)CN(CC)C1CCC1C(=O)O. The predicted molar refractivity (Wildman–Crippen MR) is 65.5 cm³/mol. The van der Waals surface area contributed by atoms with Crippen molar-refractivity contribution in [3.63, 3.8) is 0 Å². The first-order valence-corrected chi connectivity index (χ1v) is 6.60. The van der Waals surface area contributed by atoms with Gasteiger partial charge in [0.15, 0.2) is 0 Å². The molecule has 0 spiro atoms. The van der Waals surface area contributed by atoms with Gasteiger partial charge in [-0.3, -0.25) is 9.69 Å². The molecular weight excluding hydrogens is 202 g/mol. The molecule has 0 radical (unpaired) electrons. The number of carboxylic acid groups (broad SMARTS) is 1. The molecule has 1 aliphatic carbocycles. The van der Waals surface area contributed by atoms with Crippen LogP contribution in [0.1, 0.15) is 46.5 Å². The van der Waals surface area contributed by atoms with Crippen molar-refractivity contribution in [2.45, 2.75) is 52.5 Å². The highest BCUT2D eigenvalue weighted by atomic mass is 16.4. The van der Waals surface area contributed by atoms with Gasteiger partial charge in [-0.2, -0.15) is 0 Å². The van der Waals surface area contributed by atoms with Crippen molar-refractivity contribution in [3.05, 3.63) is 0 Å². The summed E-state index contributed by atoms with van der Waals surface area (Å²) >= 11 is 0. The van der Waals surface area contributed by atoms with Crippen molar-refractivity contribution in [3.8, 4) is 0 Å². The number of aliphatic carboxylic acids is 1. The molecule has 1 aliphatic rings. The molecule has 0 aliphatic heterocycles. The van der Waals surface area contributed by atoms with Crippen molar-refractivity contribution in [2.24, 2.45) is 11.8 Å². The topological polar surface area (TPSA) is 40.5 Å². The van der Waals surface area contributed by atoms with E-state index in [-0.39, 0.29) is 5.92 Å². The second-order valence-electron chi connectivity index (χ2n) is 4.86. The molecule has 0 saturated heterocycles. The summed E-state index contributed by atoms with van der Waals surface area (Å²) in [7, 11) is 0. The van der Waals surface area contributed by atoms with Crippen LogP contribution < -0.4 is 0 Å². The minimum Gasteiger partial charge on any atom is -0.481 e. The Bertz CT molecular complexity index is 226. The summed E-state index contributed by atoms with van der Waals surface area (Å²) in [5.41, 5.74) is 0. The number of hydrogen-bond donors (Lipinski definition) is 1. The van der Waals surface area contributed by atoms with E-state index in [1.54, 1.807) is 0 Å². The second-order valence-corrected chi connectivity index (χ2v) is 4.86. The maximum absolute atomic E-state index is 11.0. The molecule has 1 N–H and O–H groups in total. The molecule has 94 valence electrons. The van der Waals surface area contributed by atoms with E-state index in [0.29, 0.717) is 6.04 Å². The van der Waals surface area contributed by atoms with Crippen LogP contribution in [0.15, 0.2) is 0 Å². The Hall–Kier alpha value is -0.570. The first-order valence-electron chi connectivity index (χ1n) is 6.60. The third-order valence-electron chi connectivity index (χ3n) is 4.08. The Morgan fingerprint density at radius 1 is 1.31 bits per heavy atom. The van der Waals surface area contributed by atoms with E-state index in [2.05, 4.69) is 25.7 Å². The van der Waals surface area contributed by atoms with E-state index in [0.717, 1.165) is 31.8 Å². The van der Waals surface area contributed by atoms with Gasteiger partial charge in [0.1, 0.15) is 0 Å². The summed E-state index contributed by atoms with van der Waals surface area (Å²) in [4.78, 5) is 13.4. The standard InChI is InChI=1S/C13H25NO2/c1-4-10(5-2)9-14(6-3)12-8-7-11(12)13(15)16/h10-12H,4-9H2,1-3H3,(H,15,16). The van der Waals surface area contributed by atoms with Gasteiger partial charge in [0.25, 0.3) is 0 Å². The van der Waals surface area contributed by atoms with Crippen molar-refractivity contribution in [2.75, 3.05) is 13.1 Å². The lowest BCUT2D eigenvalue weighted by Crippen LogP contribution is -2.51. The highest BCUT2D eigenvalue weighted by molar-refractivity contribution is 5.72. The molecule has 2 atom stereocenters. The minimum atomic E-state index is -0.612. The van der Waals surface area contributed by atoms with Gasteiger partial charge in [-0.15, -0.1) is 0 Å². The Balaban J connectivity index is 2.50. The number of rotatable bonds is 7. The van der Waals surface area contributed by atoms with Gasteiger partial charge >= 0.3 is 5.97 Å². The van der Waals surface area contributed by atoms with Crippen LogP contribution in [0.25, 0.3) is 0 Å². The normalized spacial score (nSPS) is 24.8. The molecule has 0 bridgehead atoms. The third kappa shape index (κ3) is 2.97. The van der Waals surface area contributed by atoms with E-state index >= 15 is 0 Å². The lowest BCUT2D eigenvalue weighted by molar-refractivity contribution is -0.149. The van der Waals surface area contributed by atoms with Crippen LogP contribution in [0, 0.1) is 11.8 Å². The van der Waals surface area contributed by atoms with Crippen LogP contribution in [0.5, 0.6) is 0 Å². The Labute approximate surface area is 98.8 Å². The summed E-state index contributed by atoms with van der Waals surface area (Å²) in [5.74, 6) is -0.0106. The average Bonchev–Trinajstić information content (AvgIpc) is 2.21. The fourth-order valence-corrected chi connectivity index (χ4v) is 2.59. The number of hydrogen-bond acceptors (Lipinski definition) is 2. The maximum atomic E-state index is 11.0. The average molecular weight is 227 g/mol. The van der Waals surface area contributed by atoms with Crippen molar-refractivity contribution < 1.29 is 9.90 Å². The third-order valence-corrected chi connectivity index (χ3v) is 4.08. The largest absolute Gasteiger partial charge is 0.481 e. The Kier molecular flexibility index (Phi) is 5.26. The van der Waals surface area contributed by atoms with Gasteiger partial charge in [-0.1, -0.05) is 33.6 Å². The summed E-state index contributed by atoms with van der Waals surface area (Å²) < 4.78 is 0. The fourth-order valence-electron chi connectivity index (χ4n) is 2.59. The molecule has 0 aromatic carbocycles. The van der Waals surface area contributed by atoms with Gasteiger partial charge in [0.2, 0.25) is 0 Å². The summed E-state index contributed by atoms with van der Waals surface area (Å²) in [5, 5.41) is 9.07. The molecule has 3 heteroatoms. The number of nitrogens with zero attached hydrogens (tertiary/aromatic N) is 1. The summed E-state index contributed by atoms with van der Waals surface area (Å²) in [6.45, 7) is 8.62. The number of carboxylic acids is 1. The minimum absolute atomic E-state index is 0.116. The zero-order chi connectivity index (χ0) is 12.1. The molecule has 0 amide bonds. The van der Waals surface area contributed by atoms with Crippen LogP contribution in [-0.4, -0.2) is 35.1 Å². The fraction of sp³-hybridized carbons (Fsp3) is 0.923. The van der Waals surface area contributed by atoms with Crippen molar-refractivity contribution in [1.82, 2.24) is 4.90 Å². The van der Waals surface area contributed by atoms with E-state index in [9.17, 15) is 4.79 Å².